The molecule has 0 heterocycles. The molecule has 2 N–H and O–H groups in total. The Labute approximate surface area is 204 Å². The first-order valence-electron chi connectivity index (χ1n) is 9.34. The van der Waals surface area contributed by atoms with Crippen LogP contribution in [0.25, 0.3) is 0 Å². The predicted molar refractivity (Wildman–Crippen MR) is 125 cm³/mol. The molecule has 1 amide bonds. The van der Waals surface area contributed by atoms with Crippen LogP contribution in [0.3, 0.4) is 0 Å². The van der Waals surface area contributed by atoms with Crippen LogP contribution < -0.4 is 10.6 Å². The summed E-state index contributed by atoms with van der Waals surface area (Å²) in [6.07, 6.45) is 0.936. The summed E-state index contributed by atoms with van der Waals surface area (Å²) in [6.45, 7) is -0.230. The van der Waals surface area contributed by atoms with Crippen LogP contribution in [0.1, 0.15) is 28.3 Å². The monoisotopic (exact) mass is 524 g/mol. The van der Waals surface area contributed by atoms with Crippen LogP contribution in [0, 0.1) is 5.41 Å². The van der Waals surface area contributed by atoms with Crippen molar-refractivity contribution in [2.75, 3.05) is 25.1 Å². The zero-order valence-corrected chi connectivity index (χ0v) is 19.8. The summed E-state index contributed by atoms with van der Waals surface area (Å²) in [5, 5.41) is 6.77. The lowest BCUT2D eigenvalue weighted by Crippen LogP contribution is -2.26. The van der Waals surface area contributed by atoms with E-state index in [0.717, 1.165) is 6.29 Å². The lowest BCUT2D eigenvalue weighted by atomic mass is 10.00. The first kappa shape index (κ1) is 24.4. The summed E-state index contributed by atoms with van der Waals surface area (Å²) in [4.78, 5) is 24.4. The van der Waals surface area contributed by atoms with Crippen LogP contribution in [-0.2, 0) is 4.79 Å². The van der Waals surface area contributed by atoms with Crippen molar-refractivity contribution in [3.63, 3.8) is 0 Å². The summed E-state index contributed by atoms with van der Waals surface area (Å²) in [6, 6.07) is 9.68. The summed E-state index contributed by atoms with van der Waals surface area (Å²) in [5.41, 5.74) is 0.288. The van der Waals surface area contributed by atoms with E-state index in [4.69, 9.17) is 58.0 Å². The average Bonchev–Trinajstić information content (AvgIpc) is 3.21. The Morgan fingerprint density at radius 3 is 2.39 bits per heavy atom. The quantitative estimate of drug-likeness (QED) is 0.229. The molecular formula is C21H18Cl5FN2O2. The van der Waals surface area contributed by atoms with Crippen molar-refractivity contribution in [3.8, 4) is 0 Å². The Morgan fingerprint density at radius 1 is 1.10 bits per heavy atom. The number of carbonyl (C=O) groups excluding carboxylic acids is 2. The van der Waals surface area contributed by atoms with E-state index < -0.39 is 28.2 Å². The molecule has 2 aromatic carbocycles. The number of benzene rings is 2. The number of nitrogens with one attached hydrogen (secondary N) is 2. The smallest absolute Gasteiger partial charge is 0.252 e. The average molecular weight is 527 g/mol. The van der Waals surface area contributed by atoms with Gasteiger partial charge in [-0.15, -0.1) is 0 Å². The highest BCUT2D eigenvalue weighted by Gasteiger charge is 2.76. The number of anilines is 1. The molecule has 3 rings (SSSR count). The number of aldehydes is 1. The van der Waals surface area contributed by atoms with Crippen LogP contribution in [0.2, 0.25) is 15.1 Å². The number of rotatable bonds is 9. The lowest BCUT2D eigenvalue weighted by molar-refractivity contribution is -0.112. The largest absolute Gasteiger partial charge is 0.384 e. The summed E-state index contributed by atoms with van der Waals surface area (Å²) in [7, 11) is 0. The third-order valence-corrected chi connectivity index (χ3v) is 7.14. The molecule has 0 spiro atoms. The van der Waals surface area contributed by atoms with Crippen LogP contribution in [0.5, 0.6) is 0 Å². The number of carbonyl (C=O) groups is 2. The van der Waals surface area contributed by atoms with Gasteiger partial charge in [-0.2, -0.15) is 0 Å². The highest BCUT2D eigenvalue weighted by Crippen LogP contribution is 2.73. The fraction of sp³-hybridized carbons (Fsp3) is 0.333. The van der Waals surface area contributed by atoms with Gasteiger partial charge in [0.05, 0.1) is 22.7 Å². The normalized spacial score (nSPS) is 21.4. The van der Waals surface area contributed by atoms with Crippen molar-refractivity contribution >= 4 is 75.9 Å². The number of amides is 1. The topological polar surface area (TPSA) is 58.2 Å². The Morgan fingerprint density at radius 2 is 1.77 bits per heavy atom. The van der Waals surface area contributed by atoms with E-state index in [9.17, 15) is 14.0 Å². The minimum absolute atomic E-state index is 0.100. The third-order valence-electron chi connectivity index (χ3n) is 5.24. The molecule has 2 atom stereocenters. The van der Waals surface area contributed by atoms with E-state index in [1.54, 1.807) is 36.4 Å². The van der Waals surface area contributed by atoms with Gasteiger partial charge in [-0.05, 0) is 48.4 Å². The first-order valence-corrected chi connectivity index (χ1v) is 11.2. The van der Waals surface area contributed by atoms with Crippen molar-refractivity contribution in [1.29, 1.82) is 0 Å². The van der Waals surface area contributed by atoms with Crippen LogP contribution in [0.15, 0.2) is 36.4 Å². The van der Waals surface area contributed by atoms with E-state index in [1.165, 1.54) is 0 Å². The van der Waals surface area contributed by atoms with E-state index in [2.05, 4.69) is 10.6 Å². The first-order chi connectivity index (χ1) is 14.7. The highest BCUT2D eigenvalue weighted by atomic mass is 35.5. The Balaban J connectivity index is 1.78. The zero-order chi connectivity index (χ0) is 22.8. The highest BCUT2D eigenvalue weighted by molar-refractivity contribution is 6.54. The molecule has 0 radical (unpaired) electrons. The molecule has 1 fully saturated rings. The van der Waals surface area contributed by atoms with Crippen molar-refractivity contribution in [2.24, 2.45) is 5.41 Å². The predicted octanol–water partition coefficient (Wildman–Crippen LogP) is 6.30. The number of hydrogen-bond donors (Lipinski definition) is 2. The molecule has 31 heavy (non-hydrogen) atoms. The van der Waals surface area contributed by atoms with Gasteiger partial charge in [-0.1, -0.05) is 58.0 Å². The number of alkyl halides is 3. The van der Waals surface area contributed by atoms with Crippen LogP contribution in [-0.4, -0.2) is 36.3 Å². The summed E-state index contributed by atoms with van der Waals surface area (Å²) in [5.74, 6) is -0.950. The Kier molecular flexibility index (Phi) is 7.65. The number of hydrogen-bond acceptors (Lipinski definition) is 3. The van der Waals surface area contributed by atoms with Crippen molar-refractivity contribution < 1.29 is 14.0 Å². The number of halogens is 6. The van der Waals surface area contributed by atoms with Crippen molar-refractivity contribution in [2.45, 2.75) is 16.7 Å². The molecule has 2 unspecified atom stereocenters. The molecule has 1 saturated carbocycles. The van der Waals surface area contributed by atoms with Gasteiger partial charge in [0.2, 0.25) is 0 Å². The molecular weight excluding hydrogens is 509 g/mol. The molecule has 1 aliphatic rings. The van der Waals surface area contributed by atoms with Gasteiger partial charge < -0.3 is 15.4 Å². The molecule has 0 aromatic heterocycles. The van der Waals surface area contributed by atoms with E-state index in [1.807, 2.05) is 0 Å². The van der Waals surface area contributed by atoms with Crippen LogP contribution >= 0.6 is 58.0 Å². The standard InChI is InChI=1S/C21H18Cl5FN2O2/c22-13-6-12(7-14(23)8-13)18-20(11-30,21(18,25)26)10-29-15-2-3-17(24)16(9-15)19(31)28-5-1-4-27/h2-3,6-9,11,18,29H,1,4-5,10H2,(H,28,31). The SMILES string of the molecule is O=CC1(CNc2ccc(Cl)c(C(=O)NCCCF)c2)C(c2cc(Cl)cc(Cl)c2)C1(Cl)Cl. The van der Waals surface area contributed by atoms with Gasteiger partial charge in [0.15, 0.2) is 0 Å². The van der Waals surface area contributed by atoms with Gasteiger partial charge in [-0.3, -0.25) is 9.18 Å². The van der Waals surface area contributed by atoms with Gasteiger partial charge in [0.1, 0.15) is 10.6 Å². The van der Waals surface area contributed by atoms with Gasteiger partial charge in [-0.25, -0.2) is 0 Å². The maximum Gasteiger partial charge on any atom is 0.252 e. The maximum absolute atomic E-state index is 12.3. The van der Waals surface area contributed by atoms with E-state index in [0.29, 0.717) is 21.3 Å². The van der Waals surface area contributed by atoms with Gasteiger partial charge in [0.25, 0.3) is 5.91 Å². The molecule has 2 aromatic rings. The molecule has 1 aliphatic carbocycles. The lowest BCUT2D eigenvalue weighted by Gasteiger charge is -2.15. The van der Waals surface area contributed by atoms with Crippen molar-refractivity contribution in [1.82, 2.24) is 5.32 Å². The minimum Gasteiger partial charge on any atom is -0.384 e. The van der Waals surface area contributed by atoms with Crippen LogP contribution in [0.4, 0.5) is 10.1 Å². The second-order valence-electron chi connectivity index (χ2n) is 7.26. The molecule has 0 bridgehead atoms. The van der Waals surface area contributed by atoms with Gasteiger partial charge in [0, 0.05) is 34.7 Å². The molecule has 4 nitrogen and oxygen atoms in total. The van der Waals surface area contributed by atoms with Crippen molar-refractivity contribution in [3.05, 3.63) is 62.6 Å². The second kappa shape index (κ2) is 9.72. The van der Waals surface area contributed by atoms with E-state index in [-0.39, 0.29) is 30.1 Å². The fourth-order valence-corrected chi connectivity index (χ4v) is 5.27. The fourth-order valence-electron chi connectivity index (χ4n) is 3.55. The molecule has 0 saturated heterocycles. The summed E-state index contributed by atoms with van der Waals surface area (Å²) >= 11 is 31.3. The molecule has 10 heteroatoms. The van der Waals surface area contributed by atoms with E-state index >= 15 is 0 Å². The maximum atomic E-state index is 12.3. The second-order valence-corrected chi connectivity index (χ2v) is 9.93. The molecule has 0 aliphatic heterocycles. The summed E-state index contributed by atoms with van der Waals surface area (Å²) < 4.78 is 10.9. The zero-order valence-electron chi connectivity index (χ0n) is 16.0. The minimum atomic E-state index is -1.37. The van der Waals surface area contributed by atoms with Gasteiger partial charge >= 0.3 is 0 Å². The Hall–Kier alpha value is -1.24. The third kappa shape index (κ3) is 4.91. The molecule has 166 valence electrons. The Bertz CT molecular complexity index is 983.